The standard InChI is InChI=1S/C24H31N7O2/c1-16(2)27-23(32)18-5-6-21(25-14-18)30-10-8-29(9-11-30)15-17-12-19-22(26-13-17)31-7-3-4-20(31)24(33)28-19/h5-6,12-14,16,20H,3-4,7-11,15H2,1-2H3,(H,27,32)(H,28,33). The molecule has 3 aliphatic rings. The van der Waals surface area contributed by atoms with E-state index in [4.69, 9.17) is 4.98 Å². The van der Waals surface area contributed by atoms with Crippen LogP contribution >= 0.6 is 0 Å². The molecule has 1 unspecified atom stereocenters. The molecule has 2 fully saturated rings. The molecule has 0 spiro atoms. The Kier molecular flexibility index (Phi) is 5.88. The second-order valence-electron chi connectivity index (χ2n) is 9.35. The first-order valence-electron chi connectivity index (χ1n) is 11.8. The highest BCUT2D eigenvalue weighted by Crippen LogP contribution is 2.35. The van der Waals surface area contributed by atoms with Gasteiger partial charge in [0.05, 0.1) is 11.3 Å². The molecule has 5 rings (SSSR count). The van der Waals surface area contributed by atoms with Crippen molar-refractivity contribution >= 4 is 29.1 Å². The molecule has 0 aromatic carbocycles. The molecular weight excluding hydrogens is 418 g/mol. The van der Waals surface area contributed by atoms with Crippen molar-refractivity contribution in [3.05, 3.63) is 41.7 Å². The Morgan fingerprint density at radius 1 is 1.15 bits per heavy atom. The van der Waals surface area contributed by atoms with Gasteiger partial charge in [0.1, 0.15) is 11.9 Å². The van der Waals surface area contributed by atoms with Gasteiger partial charge in [0, 0.05) is 57.7 Å². The second-order valence-corrected chi connectivity index (χ2v) is 9.35. The Morgan fingerprint density at radius 3 is 2.70 bits per heavy atom. The maximum atomic E-state index is 12.4. The Balaban J connectivity index is 1.17. The molecule has 2 amide bonds. The van der Waals surface area contributed by atoms with Gasteiger partial charge in [0.2, 0.25) is 5.91 Å². The number of amides is 2. The lowest BCUT2D eigenvalue weighted by molar-refractivity contribution is -0.117. The first-order valence-corrected chi connectivity index (χ1v) is 11.8. The van der Waals surface area contributed by atoms with E-state index in [1.165, 1.54) is 0 Å². The molecule has 9 nitrogen and oxygen atoms in total. The van der Waals surface area contributed by atoms with Crippen LogP contribution in [0.15, 0.2) is 30.6 Å². The predicted molar refractivity (Wildman–Crippen MR) is 128 cm³/mol. The van der Waals surface area contributed by atoms with E-state index in [0.29, 0.717) is 5.56 Å². The van der Waals surface area contributed by atoms with E-state index in [0.717, 1.165) is 75.0 Å². The van der Waals surface area contributed by atoms with Crippen molar-refractivity contribution in [1.82, 2.24) is 20.2 Å². The Hall–Kier alpha value is -3.20. The quantitative estimate of drug-likeness (QED) is 0.720. The average molecular weight is 450 g/mol. The number of pyridine rings is 2. The number of nitrogens with one attached hydrogen (secondary N) is 2. The van der Waals surface area contributed by atoms with Crippen molar-refractivity contribution in [1.29, 1.82) is 0 Å². The summed E-state index contributed by atoms with van der Waals surface area (Å²) in [6.07, 6.45) is 5.54. The van der Waals surface area contributed by atoms with E-state index in [9.17, 15) is 9.59 Å². The average Bonchev–Trinajstić information content (AvgIpc) is 3.30. The molecule has 3 aliphatic heterocycles. The third-order valence-corrected chi connectivity index (χ3v) is 6.54. The highest BCUT2D eigenvalue weighted by Gasteiger charge is 2.37. The third-order valence-electron chi connectivity index (χ3n) is 6.54. The number of rotatable bonds is 5. The topological polar surface area (TPSA) is 93.7 Å². The lowest BCUT2D eigenvalue weighted by Gasteiger charge is -2.36. The van der Waals surface area contributed by atoms with E-state index in [1.807, 2.05) is 32.2 Å². The molecule has 1 atom stereocenters. The Bertz CT molecular complexity index is 1030. The molecule has 0 bridgehead atoms. The van der Waals surface area contributed by atoms with Crippen LogP contribution in [0, 0.1) is 0 Å². The van der Waals surface area contributed by atoms with Gasteiger partial charge in [-0.2, -0.15) is 0 Å². The molecule has 0 aliphatic carbocycles. The summed E-state index contributed by atoms with van der Waals surface area (Å²) in [5.41, 5.74) is 2.53. The zero-order valence-electron chi connectivity index (χ0n) is 19.3. The molecule has 0 saturated carbocycles. The van der Waals surface area contributed by atoms with E-state index in [2.05, 4.69) is 36.4 Å². The molecule has 2 aromatic rings. The maximum Gasteiger partial charge on any atom is 0.253 e. The van der Waals surface area contributed by atoms with Crippen LogP contribution in [0.3, 0.4) is 0 Å². The SMILES string of the molecule is CC(C)NC(=O)c1ccc(N2CCN(Cc3cnc4c(c3)NC(=O)C3CCCN43)CC2)nc1. The summed E-state index contributed by atoms with van der Waals surface area (Å²) in [5, 5.41) is 5.94. The number of piperazine rings is 1. The zero-order valence-corrected chi connectivity index (χ0v) is 19.3. The minimum absolute atomic E-state index is 0.0591. The van der Waals surface area contributed by atoms with Gasteiger partial charge in [0.25, 0.3) is 5.91 Å². The number of carbonyl (C=O) groups is 2. The van der Waals surface area contributed by atoms with Crippen LogP contribution in [0.2, 0.25) is 0 Å². The van der Waals surface area contributed by atoms with Crippen LogP contribution in [-0.2, 0) is 11.3 Å². The molecule has 9 heteroatoms. The molecule has 2 saturated heterocycles. The largest absolute Gasteiger partial charge is 0.354 e. The van der Waals surface area contributed by atoms with Gasteiger partial charge < -0.3 is 20.4 Å². The second kappa shape index (κ2) is 8.97. The van der Waals surface area contributed by atoms with E-state index in [-0.39, 0.29) is 23.9 Å². The van der Waals surface area contributed by atoms with E-state index in [1.54, 1.807) is 6.20 Å². The number of anilines is 3. The van der Waals surface area contributed by atoms with Crippen LogP contribution in [-0.4, -0.2) is 71.5 Å². The number of hydrogen-bond acceptors (Lipinski definition) is 7. The first-order chi connectivity index (χ1) is 16.0. The van der Waals surface area contributed by atoms with Crippen molar-refractivity contribution in [3.63, 3.8) is 0 Å². The van der Waals surface area contributed by atoms with Gasteiger partial charge in [0.15, 0.2) is 5.82 Å². The summed E-state index contributed by atoms with van der Waals surface area (Å²) < 4.78 is 0. The summed E-state index contributed by atoms with van der Waals surface area (Å²) >= 11 is 0. The molecule has 0 radical (unpaired) electrons. The van der Waals surface area contributed by atoms with Gasteiger partial charge in [-0.15, -0.1) is 0 Å². The van der Waals surface area contributed by atoms with Crippen LogP contribution < -0.4 is 20.4 Å². The molecule has 174 valence electrons. The van der Waals surface area contributed by atoms with Crippen molar-refractivity contribution < 1.29 is 9.59 Å². The fraction of sp³-hybridized carbons (Fsp3) is 0.500. The van der Waals surface area contributed by atoms with Crippen molar-refractivity contribution in [2.45, 2.75) is 45.3 Å². The fourth-order valence-electron chi connectivity index (χ4n) is 4.86. The predicted octanol–water partition coefficient (Wildman–Crippen LogP) is 1.86. The molecule has 2 aromatic heterocycles. The Labute approximate surface area is 194 Å². The molecule has 33 heavy (non-hydrogen) atoms. The van der Waals surface area contributed by atoms with Crippen molar-refractivity contribution in [3.8, 4) is 0 Å². The number of hydrogen-bond donors (Lipinski definition) is 2. The van der Waals surface area contributed by atoms with Crippen molar-refractivity contribution in [2.75, 3.05) is 47.8 Å². The monoisotopic (exact) mass is 449 g/mol. The van der Waals surface area contributed by atoms with Gasteiger partial charge in [-0.1, -0.05) is 0 Å². The van der Waals surface area contributed by atoms with E-state index >= 15 is 0 Å². The summed E-state index contributed by atoms with van der Waals surface area (Å²) in [7, 11) is 0. The number of fused-ring (bicyclic) bond motifs is 3. The number of aromatic nitrogens is 2. The minimum Gasteiger partial charge on any atom is -0.354 e. The molecule has 5 heterocycles. The van der Waals surface area contributed by atoms with E-state index < -0.39 is 0 Å². The summed E-state index contributed by atoms with van der Waals surface area (Å²) in [4.78, 5) is 40.5. The van der Waals surface area contributed by atoms with Crippen LogP contribution in [0.5, 0.6) is 0 Å². The summed E-state index contributed by atoms with van der Waals surface area (Å²) in [5.74, 6) is 1.80. The molecular formula is C24H31N7O2. The lowest BCUT2D eigenvalue weighted by atomic mass is 10.1. The zero-order chi connectivity index (χ0) is 22.9. The van der Waals surface area contributed by atoms with Gasteiger partial charge in [-0.05, 0) is 50.5 Å². The maximum absolute atomic E-state index is 12.4. The summed E-state index contributed by atoms with van der Waals surface area (Å²) in [6, 6.07) is 5.88. The Morgan fingerprint density at radius 2 is 1.97 bits per heavy atom. The normalized spacial score (nSPS) is 20.5. The van der Waals surface area contributed by atoms with Crippen molar-refractivity contribution in [2.24, 2.45) is 0 Å². The smallest absolute Gasteiger partial charge is 0.253 e. The van der Waals surface area contributed by atoms with Crippen LogP contribution in [0.1, 0.15) is 42.6 Å². The molecule has 2 N–H and O–H groups in total. The first kappa shape index (κ1) is 21.6. The summed E-state index contributed by atoms with van der Waals surface area (Å²) in [6.45, 7) is 9.15. The van der Waals surface area contributed by atoms with Crippen LogP contribution in [0.4, 0.5) is 17.3 Å². The number of nitrogens with zero attached hydrogens (tertiary/aromatic N) is 5. The highest BCUT2D eigenvalue weighted by molar-refractivity contribution is 6.03. The highest BCUT2D eigenvalue weighted by atomic mass is 16.2. The number of carbonyl (C=O) groups excluding carboxylic acids is 2. The van der Waals surface area contributed by atoms with Crippen LogP contribution in [0.25, 0.3) is 0 Å². The fourth-order valence-corrected chi connectivity index (χ4v) is 4.86. The lowest BCUT2D eigenvalue weighted by Crippen LogP contribution is -2.46. The minimum atomic E-state index is -0.0935. The van der Waals surface area contributed by atoms with Gasteiger partial charge in [-0.3, -0.25) is 14.5 Å². The van der Waals surface area contributed by atoms with Gasteiger partial charge in [-0.25, -0.2) is 9.97 Å². The third kappa shape index (κ3) is 4.50. The van der Waals surface area contributed by atoms with Gasteiger partial charge >= 0.3 is 0 Å².